The number of nitrogens with one attached hydrogen (secondary N) is 1. The number of ether oxygens (including phenoxy) is 1. The molecule has 0 radical (unpaired) electrons. The van der Waals surface area contributed by atoms with Crippen LogP contribution in [0.25, 0.3) is 0 Å². The van der Waals surface area contributed by atoms with E-state index in [1.54, 1.807) is 17.0 Å². The first kappa shape index (κ1) is 23.4. The zero-order chi connectivity index (χ0) is 23.6. The van der Waals surface area contributed by atoms with Gasteiger partial charge in [-0.2, -0.15) is 0 Å². The maximum Gasteiger partial charge on any atom is 0.410 e. The van der Waals surface area contributed by atoms with E-state index in [0.717, 1.165) is 24.9 Å². The summed E-state index contributed by atoms with van der Waals surface area (Å²) in [7, 11) is -3.66. The molecule has 0 saturated carbocycles. The van der Waals surface area contributed by atoms with Gasteiger partial charge < -0.3 is 14.5 Å². The third kappa shape index (κ3) is 5.79. The van der Waals surface area contributed by atoms with E-state index >= 15 is 0 Å². The quantitative estimate of drug-likeness (QED) is 0.714. The van der Waals surface area contributed by atoms with Gasteiger partial charge in [0.25, 0.3) is 10.0 Å². The minimum absolute atomic E-state index is 0.233. The number of hydrogen-bond donors (Lipinski definition) is 1. The fourth-order valence-electron chi connectivity index (χ4n) is 4.32. The summed E-state index contributed by atoms with van der Waals surface area (Å²) in [6.07, 6.45) is 4.12. The normalized spacial score (nSPS) is 16.8. The Hall–Kier alpha value is -2.74. The average Bonchev–Trinajstić information content (AvgIpc) is 2.78. The molecule has 7 nitrogen and oxygen atoms in total. The molecule has 8 heteroatoms. The Kier molecular flexibility index (Phi) is 6.56. The van der Waals surface area contributed by atoms with Crippen LogP contribution in [0.2, 0.25) is 0 Å². The molecule has 4 rings (SSSR count). The first-order chi connectivity index (χ1) is 15.6. The topological polar surface area (TPSA) is 79.0 Å². The van der Waals surface area contributed by atoms with Gasteiger partial charge in [0.05, 0.1) is 4.90 Å². The molecule has 1 amide bonds. The highest BCUT2D eigenvalue weighted by atomic mass is 32.2. The van der Waals surface area contributed by atoms with Crippen LogP contribution in [0.4, 0.5) is 16.2 Å². The molecular formula is C25H33N3O4S. The van der Waals surface area contributed by atoms with E-state index in [4.69, 9.17) is 4.74 Å². The number of fused-ring (bicyclic) bond motifs is 1. The third-order valence-corrected chi connectivity index (χ3v) is 7.44. The summed E-state index contributed by atoms with van der Waals surface area (Å²) in [6, 6.07) is 12.8. The predicted octanol–water partition coefficient (Wildman–Crippen LogP) is 4.42. The number of rotatable bonds is 4. The van der Waals surface area contributed by atoms with Crippen LogP contribution in [0.1, 0.15) is 44.7 Å². The Morgan fingerprint density at radius 2 is 1.55 bits per heavy atom. The van der Waals surface area contributed by atoms with E-state index in [9.17, 15) is 13.2 Å². The molecule has 2 aliphatic rings. The average molecular weight is 472 g/mol. The van der Waals surface area contributed by atoms with Crippen molar-refractivity contribution >= 4 is 27.5 Å². The van der Waals surface area contributed by atoms with Gasteiger partial charge in [0.15, 0.2) is 0 Å². The highest BCUT2D eigenvalue weighted by Crippen LogP contribution is 2.26. The molecule has 1 fully saturated rings. The molecule has 2 aromatic carbocycles. The molecular weight excluding hydrogens is 438 g/mol. The van der Waals surface area contributed by atoms with Gasteiger partial charge in [0.2, 0.25) is 0 Å². The molecule has 178 valence electrons. The summed E-state index contributed by atoms with van der Waals surface area (Å²) < 4.78 is 34.0. The number of benzene rings is 2. The second-order valence-corrected chi connectivity index (χ2v) is 11.4. The largest absolute Gasteiger partial charge is 0.444 e. The molecule has 1 aliphatic carbocycles. The van der Waals surface area contributed by atoms with Crippen molar-refractivity contribution in [1.82, 2.24) is 4.90 Å². The van der Waals surface area contributed by atoms with Gasteiger partial charge in [-0.15, -0.1) is 0 Å². The van der Waals surface area contributed by atoms with E-state index in [0.29, 0.717) is 31.9 Å². The molecule has 1 heterocycles. The van der Waals surface area contributed by atoms with Gasteiger partial charge in [0, 0.05) is 37.6 Å². The van der Waals surface area contributed by atoms with Crippen molar-refractivity contribution in [2.24, 2.45) is 0 Å². The summed E-state index contributed by atoms with van der Waals surface area (Å²) in [6.45, 7) is 8.03. The predicted molar refractivity (Wildman–Crippen MR) is 130 cm³/mol. The Morgan fingerprint density at radius 1 is 0.909 bits per heavy atom. The summed E-state index contributed by atoms with van der Waals surface area (Å²) in [5.74, 6) is 0. The van der Waals surface area contributed by atoms with Crippen LogP contribution in [-0.2, 0) is 27.6 Å². The van der Waals surface area contributed by atoms with E-state index in [2.05, 4.69) is 9.62 Å². The fraction of sp³-hybridized carbons (Fsp3) is 0.480. The van der Waals surface area contributed by atoms with Crippen LogP contribution in [0.3, 0.4) is 0 Å². The highest BCUT2D eigenvalue weighted by Gasteiger charge is 2.26. The first-order valence-electron chi connectivity index (χ1n) is 11.6. The number of anilines is 2. The number of hydrogen-bond acceptors (Lipinski definition) is 5. The van der Waals surface area contributed by atoms with Gasteiger partial charge in [-0.25, -0.2) is 13.2 Å². The number of amides is 1. The number of sulfonamides is 1. The van der Waals surface area contributed by atoms with Gasteiger partial charge >= 0.3 is 6.09 Å². The second kappa shape index (κ2) is 9.25. The van der Waals surface area contributed by atoms with Crippen molar-refractivity contribution in [2.45, 2.75) is 57.0 Å². The molecule has 0 atom stereocenters. The van der Waals surface area contributed by atoms with E-state index < -0.39 is 15.6 Å². The van der Waals surface area contributed by atoms with Crippen LogP contribution in [0.5, 0.6) is 0 Å². The van der Waals surface area contributed by atoms with Gasteiger partial charge in [-0.3, -0.25) is 4.72 Å². The lowest BCUT2D eigenvalue weighted by Crippen LogP contribution is -2.50. The summed E-state index contributed by atoms with van der Waals surface area (Å²) in [5, 5.41) is 0. The first-order valence-corrected chi connectivity index (χ1v) is 13.1. The van der Waals surface area contributed by atoms with Crippen LogP contribution < -0.4 is 9.62 Å². The highest BCUT2D eigenvalue weighted by molar-refractivity contribution is 7.92. The van der Waals surface area contributed by atoms with Crippen molar-refractivity contribution in [3.8, 4) is 0 Å². The van der Waals surface area contributed by atoms with E-state index in [1.165, 1.54) is 17.5 Å². The Morgan fingerprint density at radius 3 is 2.18 bits per heavy atom. The SMILES string of the molecule is CC(C)(C)OC(=O)N1CCN(c2ccc(S(=O)(=O)Nc3ccc4c(c3)CCCC4)cc2)CC1. The Labute approximate surface area is 196 Å². The molecule has 1 N–H and O–H groups in total. The number of piperazine rings is 1. The molecule has 0 aromatic heterocycles. The molecule has 0 spiro atoms. The van der Waals surface area contributed by atoms with Crippen molar-refractivity contribution in [3.63, 3.8) is 0 Å². The Balaban J connectivity index is 1.37. The zero-order valence-electron chi connectivity index (χ0n) is 19.6. The van der Waals surface area contributed by atoms with E-state index in [-0.39, 0.29) is 11.0 Å². The number of carbonyl (C=O) groups is 1. The van der Waals surface area contributed by atoms with Crippen molar-refractivity contribution in [3.05, 3.63) is 53.6 Å². The van der Waals surface area contributed by atoms with Crippen LogP contribution in [-0.4, -0.2) is 51.2 Å². The van der Waals surface area contributed by atoms with Crippen molar-refractivity contribution < 1.29 is 17.9 Å². The van der Waals surface area contributed by atoms with Crippen molar-refractivity contribution in [1.29, 1.82) is 0 Å². The molecule has 1 saturated heterocycles. The minimum atomic E-state index is -3.66. The van der Waals surface area contributed by atoms with Crippen molar-refractivity contribution in [2.75, 3.05) is 35.8 Å². The third-order valence-electron chi connectivity index (χ3n) is 6.04. The lowest BCUT2D eigenvalue weighted by atomic mass is 9.91. The maximum atomic E-state index is 12.9. The molecule has 0 bridgehead atoms. The van der Waals surface area contributed by atoms with Crippen LogP contribution >= 0.6 is 0 Å². The molecule has 0 unspecified atom stereocenters. The maximum absolute atomic E-state index is 12.9. The van der Waals surface area contributed by atoms with Gasteiger partial charge in [-0.05, 0) is 94.0 Å². The van der Waals surface area contributed by atoms with Gasteiger partial charge in [0.1, 0.15) is 5.60 Å². The number of carbonyl (C=O) groups excluding carboxylic acids is 1. The lowest BCUT2D eigenvalue weighted by Gasteiger charge is -2.36. The smallest absolute Gasteiger partial charge is 0.410 e. The summed E-state index contributed by atoms with van der Waals surface area (Å²) in [4.78, 5) is 16.3. The number of nitrogens with zero attached hydrogens (tertiary/aromatic N) is 2. The summed E-state index contributed by atoms with van der Waals surface area (Å²) >= 11 is 0. The standard InChI is InChI=1S/C25H33N3O4S/c1-25(2,3)32-24(29)28-16-14-27(15-17-28)22-10-12-23(13-11-22)33(30,31)26-21-9-8-19-6-4-5-7-20(19)18-21/h8-13,18,26H,4-7,14-17H2,1-3H3. The molecule has 33 heavy (non-hydrogen) atoms. The van der Waals surface area contributed by atoms with Crippen LogP contribution in [0.15, 0.2) is 47.4 Å². The minimum Gasteiger partial charge on any atom is -0.444 e. The Bertz CT molecular complexity index is 1100. The monoisotopic (exact) mass is 471 g/mol. The fourth-order valence-corrected chi connectivity index (χ4v) is 5.37. The number of aryl methyl sites for hydroxylation is 2. The van der Waals surface area contributed by atoms with Gasteiger partial charge in [-0.1, -0.05) is 6.07 Å². The lowest BCUT2D eigenvalue weighted by molar-refractivity contribution is 0.0240. The molecule has 2 aromatic rings. The summed E-state index contributed by atoms with van der Waals surface area (Å²) in [5.41, 5.74) is 3.59. The van der Waals surface area contributed by atoms with Crippen LogP contribution in [0, 0.1) is 0 Å². The second-order valence-electron chi connectivity index (χ2n) is 9.74. The van der Waals surface area contributed by atoms with E-state index in [1.807, 2.05) is 51.1 Å². The zero-order valence-corrected chi connectivity index (χ0v) is 20.5. The molecule has 1 aliphatic heterocycles.